The number of nitrogens with zero attached hydrogens (tertiary/aromatic N) is 2. The van der Waals surface area contributed by atoms with E-state index in [9.17, 15) is 0 Å². The lowest BCUT2D eigenvalue weighted by Gasteiger charge is -2.18. The Morgan fingerprint density at radius 2 is 2.00 bits per heavy atom. The van der Waals surface area contributed by atoms with Crippen LogP contribution in [0, 0.1) is 12.3 Å². The standard InChI is InChI=1S/C16H18ClN3/c1-5-10-20-14(18)13(19-15(20)16(2,3)4)11-8-6-7-9-12(11)17/h1,6-9H,10,18H2,2-4H3. The average Bonchev–Trinajstić information content (AvgIpc) is 2.68. The van der Waals surface area contributed by atoms with E-state index < -0.39 is 0 Å². The fourth-order valence-electron chi connectivity index (χ4n) is 2.14. The summed E-state index contributed by atoms with van der Waals surface area (Å²) in [6.07, 6.45) is 5.44. The van der Waals surface area contributed by atoms with Crippen LogP contribution >= 0.6 is 11.6 Å². The van der Waals surface area contributed by atoms with Gasteiger partial charge in [-0.2, -0.15) is 0 Å². The van der Waals surface area contributed by atoms with Crippen LogP contribution in [0.2, 0.25) is 5.02 Å². The molecule has 0 amide bonds. The van der Waals surface area contributed by atoms with Crippen LogP contribution in [0.15, 0.2) is 24.3 Å². The van der Waals surface area contributed by atoms with Gasteiger partial charge >= 0.3 is 0 Å². The minimum atomic E-state index is -0.148. The van der Waals surface area contributed by atoms with E-state index in [-0.39, 0.29) is 5.41 Å². The topological polar surface area (TPSA) is 43.8 Å². The number of nitrogens with two attached hydrogens (primary N) is 1. The Morgan fingerprint density at radius 1 is 1.35 bits per heavy atom. The van der Waals surface area contributed by atoms with Gasteiger partial charge in [-0.3, -0.25) is 0 Å². The molecule has 0 saturated heterocycles. The highest BCUT2D eigenvalue weighted by molar-refractivity contribution is 6.33. The number of hydrogen-bond acceptors (Lipinski definition) is 2. The summed E-state index contributed by atoms with van der Waals surface area (Å²) in [5.41, 5.74) is 7.60. The SMILES string of the molecule is C#CCn1c(C(C)(C)C)nc(-c2ccccc2Cl)c1N. The molecule has 0 spiro atoms. The highest BCUT2D eigenvalue weighted by Gasteiger charge is 2.25. The van der Waals surface area contributed by atoms with Gasteiger partial charge in [0, 0.05) is 11.0 Å². The van der Waals surface area contributed by atoms with Gasteiger partial charge in [0.25, 0.3) is 0 Å². The lowest BCUT2D eigenvalue weighted by molar-refractivity contribution is 0.517. The first kappa shape index (κ1) is 14.5. The van der Waals surface area contributed by atoms with Crippen molar-refractivity contribution in [2.24, 2.45) is 0 Å². The van der Waals surface area contributed by atoms with Crippen LogP contribution in [-0.2, 0) is 12.0 Å². The van der Waals surface area contributed by atoms with Crippen molar-refractivity contribution < 1.29 is 0 Å². The van der Waals surface area contributed by atoms with Crippen molar-refractivity contribution in [3.05, 3.63) is 35.1 Å². The Kier molecular flexibility index (Phi) is 3.78. The maximum atomic E-state index is 6.24. The third-order valence-corrected chi connectivity index (χ3v) is 3.39. The molecule has 104 valence electrons. The van der Waals surface area contributed by atoms with Crippen LogP contribution in [0.4, 0.5) is 5.82 Å². The van der Waals surface area contributed by atoms with Crippen molar-refractivity contribution in [3.63, 3.8) is 0 Å². The van der Waals surface area contributed by atoms with Gasteiger partial charge in [0.05, 0.1) is 11.6 Å². The van der Waals surface area contributed by atoms with Gasteiger partial charge < -0.3 is 10.3 Å². The lowest BCUT2D eigenvalue weighted by atomic mass is 9.95. The fraction of sp³-hybridized carbons (Fsp3) is 0.312. The zero-order valence-corrected chi connectivity index (χ0v) is 12.7. The number of imidazole rings is 1. The predicted octanol–water partition coefficient (Wildman–Crippen LogP) is 3.72. The Bertz CT molecular complexity index is 672. The molecule has 2 rings (SSSR count). The molecule has 1 heterocycles. The predicted molar refractivity (Wildman–Crippen MR) is 84.6 cm³/mol. The highest BCUT2D eigenvalue weighted by atomic mass is 35.5. The number of halogens is 1. The van der Waals surface area contributed by atoms with Crippen molar-refractivity contribution in [1.29, 1.82) is 0 Å². The molecular weight excluding hydrogens is 270 g/mol. The lowest BCUT2D eigenvalue weighted by Crippen LogP contribution is -2.19. The highest BCUT2D eigenvalue weighted by Crippen LogP contribution is 2.35. The second-order valence-corrected chi connectivity index (χ2v) is 6.10. The summed E-state index contributed by atoms with van der Waals surface area (Å²) in [4.78, 5) is 4.69. The summed E-state index contributed by atoms with van der Waals surface area (Å²) in [5.74, 6) is 4.05. The zero-order chi connectivity index (χ0) is 14.9. The molecule has 4 heteroatoms. The van der Waals surface area contributed by atoms with Gasteiger partial charge in [0.1, 0.15) is 17.3 Å². The van der Waals surface area contributed by atoms with Gasteiger partial charge in [-0.05, 0) is 6.07 Å². The van der Waals surface area contributed by atoms with E-state index in [1.54, 1.807) is 0 Å². The minimum absolute atomic E-state index is 0.148. The van der Waals surface area contributed by atoms with Gasteiger partial charge in [0.15, 0.2) is 0 Å². The van der Waals surface area contributed by atoms with Crippen molar-refractivity contribution in [2.75, 3.05) is 5.73 Å². The van der Waals surface area contributed by atoms with Gasteiger partial charge in [-0.25, -0.2) is 4.98 Å². The van der Waals surface area contributed by atoms with E-state index in [0.29, 0.717) is 23.1 Å². The molecule has 0 fully saturated rings. The number of anilines is 1. The Labute approximate surface area is 124 Å². The molecule has 0 aliphatic rings. The Balaban J connectivity index is 2.69. The molecule has 0 atom stereocenters. The number of hydrogen-bond donors (Lipinski definition) is 1. The Morgan fingerprint density at radius 3 is 2.55 bits per heavy atom. The third kappa shape index (κ3) is 2.52. The van der Waals surface area contributed by atoms with E-state index in [0.717, 1.165) is 11.4 Å². The summed E-state index contributed by atoms with van der Waals surface area (Å²) < 4.78 is 1.87. The molecule has 3 nitrogen and oxygen atoms in total. The number of terminal acetylenes is 1. The average molecular weight is 288 g/mol. The summed E-state index contributed by atoms with van der Waals surface area (Å²) in [7, 11) is 0. The van der Waals surface area contributed by atoms with Crippen molar-refractivity contribution in [2.45, 2.75) is 32.7 Å². The van der Waals surface area contributed by atoms with Crippen molar-refractivity contribution >= 4 is 17.4 Å². The second kappa shape index (κ2) is 5.22. The van der Waals surface area contributed by atoms with Crippen LogP contribution in [0.5, 0.6) is 0 Å². The van der Waals surface area contributed by atoms with Gasteiger partial charge in [-0.1, -0.05) is 56.5 Å². The van der Waals surface area contributed by atoms with Crippen LogP contribution < -0.4 is 5.73 Å². The second-order valence-electron chi connectivity index (χ2n) is 5.69. The largest absolute Gasteiger partial charge is 0.383 e. The minimum Gasteiger partial charge on any atom is -0.383 e. The molecule has 2 N–H and O–H groups in total. The van der Waals surface area contributed by atoms with Crippen LogP contribution in [0.3, 0.4) is 0 Å². The third-order valence-electron chi connectivity index (χ3n) is 3.06. The molecule has 1 aromatic heterocycles. The first-order valence-electron chi connectivity index (χ1n) is 6.41. The molecule has 1 aromatic carbocycles. The number of rotatable bonds is 2. The molecular formula is C16H18ClN3. The van der Waals surface area contributed by atoms with Crippen molar-refractivity contribution in [3.8, 4) is 23.6 Å². The summed E-state index contributed by atoms with van der Waals surface area (Å²) >= 11 is 6.24. The van der Waals surface area contributed by atoms with E-state index in [1.807, 2.05) is 28.8 Å². The van der Waals surface area contributed by atoms with Crippen LogP contribution in [0.1, 0.15) is 26.6 Å². The maximum absolute atomic E-state index is 6.24. The quantitative estimate of drug-likeness (QED) is 0.856. The van der Waals surface area contributed by atoms with E-state index in [2.05, 4.69) is 31.7 Å². The molecule has 0 radical (unpaired) electrons. The summed E-state index contributed by atoms with van der Waals surface area (Å²) in [6.45, 7) is 6.64. The number of aromatic nitrogens is 2. The summed E-state index contributed by atoms with van der Waals surface area (Å²) in [5, 5.41) is 0.630. The van der Waals surface area contributed by atoms with Crippen LogP contribution in [0.25, 0.3) is 11.3 Å². The van der Waals surface area contributed by atoms with Gasteiger partial charge in [-0.15, -0.1) is 6.42 Å². The molecule has 0 aliphatic carbocycles. The smallest absolute Gasteiger partial charge is 0.132 e. The maximum Gasteiger partial charge on any atom is 0.132 e. The first-order chi connectivity index (χ1) is 9.36. The first-order valence-corrected chi connectivity index (χ1v) is 6.79. The molecule has 0 bridgehead atoms. The van der Waals surface area contributed by atoms with E-state index in [1.165, 1.54) is 0 Å². The van der Waals surface area contributed by atoms with Crippen molar-refractivity contribution in [1.82, 2.24) is 9.55 Å². The normalized spacial score (nSPS) is 11.3. The molecule has 2 aromatic rings. The van der Waals surface area contributed by atoms with E-state index in [4.69, 9.17) is 23.8 Å². The summed E-state index contributed by atoms with van der Waals surface area (Å²) in [6, 6.07) is 7.53. The molecule has 20 heavy (non-hydrogen) atoms. The molecule has 0 aliphatic heterocycles. The van der Waals surface area contributed by atoms with Gasteiger partial charge in [0.2, 0.25) is 0 Å². The van der Waals surface area contributed by atoms with Crippen LogP contribution in [-0.4, -0.2) is 9.55 Å². The molecule has 0 unspecified atom stereocenters. The zero-order valence-electron chi connectivity index (χ0n) is 11.9. The molecule has 0 saturated carbocycles. The van der Waals surface area contributed by atoms with E-state index >= 15 is 0 Å². The monoisotopic (exact) mass is 287 g/mol. The number of benzene rings is 1. The number of nitrogen functional groups attached to an aromatic ring is 1. The fourth-order valence-corrected chi connectivity index (χ4v) is 2.37. The Hall–Kier alpha value is -1.92.